The number of furan rings is 1. The van der Waals surface area contributed by atoms with Gasteiger partial charge in [-0.2, -0.15) is 10.1 Å². The first-order chi connectivity index (χ1) is 14.9. The SMILES string of the molecule is O=C1[C@@H]2[C@H]3C=C[C@@H]([C@@H]4C[C@H]34)[C@H]2C(=O)N1/N=C\c1ccc(-c2ccc(Cl)cc2[N+](=O)[O-])o1. The van der Waals surface area contributed by atoms with Crippen molar-refractivity contribution in [2.75, 3.05) is 0 Å². The number of nitrogens with zero attached hydrogens (tertiary/aromatic N) is 3. The third-order valence-corrected chi connectivity index (χ3v) is 7.22. The Bertz CT molecular complexity index is 1180. The number of rotatable bonds is 4. The summed E-state index contributed by atoms with van der Waals surface area (Å²) in [5, 5.41) is 16.7. The van der Waals surface area contributed by atoms with E-state index in [2.05, 4.69) is 17.3 Å². The summed E-state index contributed by atoms with van der Waals surface area (Å²) < 4.78 is 5.67. The van der Waals surface area contributed by atoms with E-state index in [0.29, 0.717) is 11.8 Å². The summed E-state index contributed by atoms with van der Waals surface area (Å²) in [7, 11) is 0. The number of nitro benzene ring substituents is 1. The number of carbonyl (C=O) groups is 2. The van der Waals surface area contributed by atoms with Crippen LogP contribution in [0.3, 0.4) is 0 Å². The molecule has 31 heavy (non-hydrogen) atoms. The third kappa shape index (κ3) is 2.64. The van der Waals surface area contributed by atoms with Gasteiger partial charge in [-0.25, -0.2) is 0 Å². The van der Waals surface area contributed by atoms with E-state index in [-0.39, 0.29) is 63.3 Å². The number of halogens is 1. The fourth-order valence-corrected chi connectivity index (χ4v) is 5.77. The van der Waals surface area contributed by atoms with Crippen LogP contribution in [0.1, 0.15) is 12.2 Å². The Morgan fingerprint density at radius 3 is 2.42 bits per heavy atom. The quantitative estimate of drug-likeness (QED) is 0.237. The van der Waals surface area contributed by atoms with Gasteiger partial charge in [0.05, 0.1) is 28.5 Å². The Morgan fingerprint density at radius 1 is 1.10 bits per heavy atom. The van der Waals surface area contributed by atoms with Gasteiger partial charge in [0.25, 0.3) is 17.5 Å². The molecular formula is C22H16ClN3O5. The Morgan fingerprint density at radius 2 is 1.77 bits per heavy atom. The van der Waals surface area contributed by atoms with Crippen molar-refractivity contribution in [3.05, 3.63) is 63.4 Å². The zero-order valence-electron chi connectivity index (χ0n) is 16.1. The molecule has 0 spiro atoms. The van der Waals surface area contributed by atoms with Gasteiger partial charge in [0, 0.05) is 11.1 Å². The molecule has 1 aromatic heterocycles. The molecule has 0 radical (unpaired) electrons. The average Bonchev–Trinajstić information content (AvgIpc) is 3.39. The number of carbonyl (C=O) groups excluding carboxylic acids is 2. The van der Waals surface area contributed by atoms with Crippen LogP contribution in [0.4, 0.5) is 5.69 Å². The number of imide groups is 1. The van der Waals surface area contributed by atoms with Crippen LogP contribution in [0.5, 0.6) is 0 Å². The van der Waals surface area contributed by atoms with Crippen molar-refractivity contribution in [2.24, 2.45) is 40.6 Å². The highest BCUT2D eigenvalue weighted by molar-refractivity contribution is 6.30. The first-order valence-corrected chi connectivity index (χ1v) is 10.5. The van der Waals surface area contributed by atoms with Gasteiger partial charge >= 0.3 is 0 Å². The van der Waals surface area contributed by atoms with E-state index in [1.807, 2.05) is 0 Å². The smallest absolute Gasteiger partial charge is 0.281 e. The molecule has 6 atom stereocenters. The number of amides is 2. The zero-order chi connectivity index (χ0) is 21.4. The second-order valence-corrected chi connectivity index (χ2v) is 8.94. The molecule has 7 rings (SSSR count). The predicted molar refractivity (Wildman–Crippen MR) is 110 cm³/mol. The monoisotopic (exact) mass is 437 g/mol. The van der Waals surface area contributed by atoms with Crippen LogP contribution in [0.15, 0.2) is 52.0 Å². The third-order valence-electron chi connectivity index (χ3n) is 6.99. The molecule has 2 amide bonds. The molecule has 8 nitrogen and oxygen atoms in total. The van der Waals surface area contributed by atoms with Gasteiger partial charge in [0.15, 0.2) is 0 Å². The molecule has 2 aromatic rings. The van der Waals surface area contributed by atoms with Crippen molar-refractivity contribution < 1.29 is 18.9 Å². The molecule has 1 aromatic carbocycles. The molecule has 2 bridgehead atoms. The number of hydrogen-bond donors (Lipinski definition) is 0. The van der Waals surface area contributed by atoms with Crippen LogP contribution < -0.4 is 0 Å². The highest BCUT2D eigenvalue weighted by Crippen LogP contribution is 2.65. The number of hydrogen-bond acceptors (Lipinski definition) is 6. The highest BCUT2D eigenvalue weighted by atomic mass is 35.5. The van der Waals surface area contributed by atoms with Crippen LogP contribution in [0, 0.1) is 45.6 Å². The molecule has 3 fully saturated rings. The molecule has 156 valence electrons. The second-order valence-electron chi connectivity index (χ2n) is 8.51. The molecule has 5 aliphatic rings. The maximum Gasteiger partial charge on any atom is 0.281 e. The summed E-state index contributed by atoms with van der Waals surface area (Å²) in [5.74, 6) is 0.736. The molecule has 1 saturated heterocycles. The summed E-state index contributed by atoms with van der Waals surface area (Å²) in [6.07, 6.45) is 6.62. The lowest BCUT2D eigenvalue weighted by Crippen LogP contribution is -2.40. The van der Waals surface area contributed by atoms with Gasteiger partial charge in [0.2, 0.25) is 0 Å². The summed E-state index contributed by atoms with van der Waals surface area (Å²) in [6, 6.07) is 7.45. The maximum atomic E-state index is 12.9. The van der Waals surface area contributed by atoms with Gasteiger partial charge < -0.3 is 4.42 Å². The Balaban J connectivity index is 1.26. The van der Waals surface area contributed by atoms with E-state index in [1.165, 1.54) is 24.4 Å². The van der Waals surface area contributed by atoms with Crippen molar-refractivity contribution in [1.82, 2.24) is 5.01 Å². The number of nitro groups is 1. The van der Waals surface area contributed by atoms with E-state index >= 15 is 0 Å². The van der Waals surface area contributed by atoms with Gasteiger partial charge in [0.1, 0.15) is 11.5 Å². The lowest BCUT2D eigenvalue weighted by molar-refractivity contribution is -0.384. The van der Waals surface area contributed by atoms with E-state index in [9.17, 15) is 19.7 Å². The first kappa shape index (κ1) is 18.5. The Labute approximate surface area is 181 Å². The topological polar surface area (TPSA) is 106 Å². The van der Waals surface area contributed by atoms with Gasteiger partial charge in [-0.3, -0.25) is 19.7 Å². The highest BCUT2D eigenvalue weighted by Gasteiger charge is 2.67. The fraction of sp³-hybridized carbons (Fsp3) is 0.318. The Kier molecular flexibility index (Phi) is 3.80. The van der Waals surface area contributed by atoms with Crippen molar-refractivity contribution in [1.29, 1.82) is 0 Å². The first-order valence-electron chi connectivity index (χ1n) is 10.1. The molecule has 4 aliphatic carbocycles. The predicted octanol–water partition coefficient (Wildman–Crippen LogP) is 3.90. The van der Waals surface area contributed by atoms with Crippen LogP contribution in [0.25, 0.3) is 11.3 Å². The molecule has 2 saturated carbocycles. The van der Waals surface area contributed by atoms with Gasteiger partial charge in [-0.05, 0) is 54.4 Å². The molecular weight excluding hydrogens is 422 g/mol. The summed E-state index contributed by atoms with van der Waals surface area (Å²) in [6.45, 7) is 0. The van der Waals surface area contributed by atoms with Gasteiger partial charge in [-0.1, -0.05) is 23.8 Å². The zero-order valence-corrected chi connectivity index (χ0v) is 16.8. The molecule has 2 heterocycles. The summed E-state index contributed by atoms with van der Waals surface area (Å²) >= 11 is 5.86. The molecule has 9 heteroatoms. The van der Waals surface area contributed by atoms with Crippen molar-refractivity contribution in [3.8, 4) is 11.3 Å². The molecule has 0 unspecified atom stereocenters. The largest absolute Gasteiger partial charge is 0.455 e. The van der Waals surface area contributed by atoms with E-state index in [1.54, 1.807) is 12.1 Å². The lowest BCUT2D eigenvalue weighted by atomic mass is 9.63. The van der Waals surface area contributed by atoms with Crippen LogP contribution >= 0.6 is 11.6 Å². The number of allylic oxidation sites excluding steroid dienone is 2. The molecule has 1 aliphatic heterocycles. The summed E-state index contributed by atoms with van der Waals surface area (Å²) in [5.41, 5.74) is 0.0936. The minimum Gasteiger partial charge on any atom is -0.455 e. The average molecular weight is 438 g/mol. The number of benzene rings is 1. The minimum atomic E-state index is -0.534. The summed E-state index contributed by atoms with van der Waals surface area (Å²) in [4.78, 5) is 36.7. The van der Waals surface area contributed by atoms with Gasteiger partial charge in [-0.15, -0.1) is 0 Å². The molecule has 0 N–H and O–H groups in total. The van der Waals surface area contributed by atoms with E-state index < -0.39 is 4.92 Å². The van der Waals surface area contributed by atoms with Crippen molar-refractivity contribution >= 4 is 35.3 Å². The van der Waals surface area contributed by atoms with Crippen LogP contribution in [-0.2, 0) is 9.59 Å². The normalized spacial score (nSPS) is 32.6. The Hall–Kier alpha value is -3.26. The van der Waals surface area contributed by atoms with Crippen molar-refractivity contribution in [3.63, 3.8) is 0 Å². The standard InChI is InChI=1S/C22H16ClN3O5/c23-10-1-3-14(17(7-10)26(29)30)18-6-2-11(31-18)9-24-25-21(27)19-12-4-5-13(16-8-15(12)16)20(19)22(25)28/h1-7,9,12-13,15-16,19-20H,8H2/b24-9-/t12-,13-,15-,16+,19+,20+/m0/s1. The van der Waals surface area contributed by atoms with Crippen LogP contribution in [0.2, 0.25) is 5.02 Å². The second kappa shape index (κ2) is 6.37. The lowest BCUT2D eigenvalue weighted by Gasteiger charge is -2.37. The minimum absolute atomic E-state index is 0.136. The maximum absolute atomic E-state index is 12.9. The van der Waals surface area contributed by atoms with E-state index in [0.717, 1.165) is 11.4 Å². The number of hydrazone groups is 1. The fourth-order valence-electron chi connectivity index (χ4n) is 5.60. The van der Waals surface area contributed by atoms with E-state index in [4.69, 9.17) is 16.0 Å². The van der Waals surface area contributed by atoms with Crippen molar-refractivity contribution in [2.45, 2.75) is 6.42 Å². The van der Waals surface area contributed by atoms with Crippen LogP contribution in [-0.4, -0.2) is 28.0 Å².